The largest absolute Gasteiger partial charge is 0.476 e. The van der Waals surface area contributed by atoms with Gasteiger partial charge in [-0.3, -0.25) is 9.48 Å². The molecule has 0 saturated carbocycles. The monoisotopic (exact) mass is 383 g/mol. The summed E-state index contributed by atoms with van der Waals surface area (Å²) in [6.45, 7) is 4.97. The van der Waals surface area contributed by atoms with E-state index in [1.807, 2.05) is 13.8 Å². The molecule has 0 fully saturated rings. The second-order valence-electron chi connectivity index (χ2n) is 6.71. The van der Waals surface area contributed by atoms with E-state index in [1.54, 1.807) is 21.7 Å². The molecule has 0 unspecified atom stereocenters. The van der Waals surface area contributed by atoms with Crippen molar-refractivity contribution in [1.82, 2.24) is 24.5 Å². The van der Waals surface area contributed by atoms with E-state index in [0.29, 0.717) is 19.6 Å². The van der Waals surface area contributed by atoms with Crippen molar-refractivity contribution in [3.8, 4) is 5.69 Å². The first kappa shape index (κ1) is 17.9. The third-order valence-electron chi connectivity index (χ3n) is 4.95. The Morgan fingerprint density at radius 1 is 1.18 bits per heavy atom. The molecule has 1 amide bonds. The van der Waals surface area contributed by atoms with Crippen LogP contribution in [0.2, 0.25) is 0 Å². The highest BCUT2D eigenvalue weighted by atomic mass is 19.1. The number of aromatic carboxylic acids is 1. The number of aryl methyl sites for hydroxylation is 1. The summed E-state index contributed by atoms with van der Waals surface area (Å²) in [5, 5.41) is 17.6. The summed E-state index contributed by atoms with van der Waals surface area (Å²) in [6.07, 6.45) is 0. The minimum absolute atomic E-state index is 0.137. The number of benzene rings is 1. The Morgan fingerprint density at radius 3 is 2.57 bits per heavy atom. The molecule has 4 rings (SSSR count). The Kier molecular flexibility index (Phi) is 4.21. The Hall–Kier alpha value is -3.49. The fourth-order valence-corrected chi connectivity index (χ4v) is 3.42. The number of carbonyl (C=O) groups excluding carboxylic acids is 1. The van der Waals surface area contributed by atoms with Gasteiger partial charge in [0.25, 0.3) is 5.91 Å². The van der Waals surface area contributed by atoms with Gasteiger partial charge in [0.15, 0.2) is 5.69 Å². The first-order chi connectivity index (χ1) is 13.3. The van der Waals surface area contributed by atoms with Gasteiger partial charge in [-0.2, -0.15) is 10.2 Å². The van der Waals surface area contributed by atoms with E-state index in [-0.39, 0.29) is 23.1 Å². The van der Waals surface area contributed by atoms with Crippen LogP contribution in [-0.4, -0.2) is 48.0 Å². The van der Waals surface area contributed by atoms with Crippen LogP contribution in [0.25, 0.3) is 5.69 Å². The molecule has 1 N–H and O–H groups in total. The van der Waals surface area contributed by atoms with Gasteiger partial charge in [-0.1, -0.05) is 0 Å². The normalized spacial score (nSPS) is 13.7. The van der Waals surface area contributed by atoms with Crippen LogP contribution in [0.4, 0.5) is 4.39 Å². The summed E-state index contributed by atoms with van der Waals surface area (Å²) >= 11 is 0. The fraction of sp³-hybridized carbons (Fsp3) is 0.263. The zero-order valence-electron chi connectivity index (χ0n) is 15.4. The predicted octanol–water partition coefficient (Wildman–Crippen LogP) is 2.18. The van der Waals surface area contributed by atoms with E-state index < -0.39 is 5.97 Å². The average molecular weight is 383 g/mol. The second-order valence-corrected chi connectivity index (χ2v) is 6.71. The molecule has 3 heterocycles. The quantitative estimate of drug-likeness (QED) is 0.745. The van der Waals surface area contributed by atoms with Crippen LogP contribution in [-0.2, 0) is 13.1 Å². The number of nitrogens with zero attached hydrogens (tertiary/aromatic N) is 5. The van der Waals surface area contributed by atoms with Crippen molar-refractivity contribution in [1.29, 1.82) is 0 Å². The third kappa shape index (κ3) is 2.94. The van der Waals surface area contributed by atoms with Gasteiger partial charge in [-0.05, 0) is 38.1 Å². The first-order valence-corrected chi connectivity index (χ1v) is 8.76. The molecule has 1 aromatic carbocycles. The molecule has 9 heteroatoms. The highest BCUT2D eigenvalue weighted by molar-refractivity contribution is 5.96. The molecule has 1 aliphatic rings. The summed E-state index contributed by atoms with van der Waals surface area (Å²) in [7, 11) is 0. The maximum atomic E-state index is 13.2. The van der Waals surface area contributed by atoms with Crippen molar-refractivity contribution < 1.29 is 19.1 Å². The predicted molar refractivity (Wildman–Crippen MR) is 96.9 cm³/mol. The zero-order valence-corrected chi connectivity index (χ0v) is 15.4. The lowest BCUT2D eigenvalue weighted by Gasteiger charge is -2.27. The average Bonchev–Trinajstić information content (AvgIpc) is 3.22. The number of halogens is 1. The molecule has 28 heavy (non-hydrogen) atoms. The molecular weight excluding hydrogens is 365 g/mol. The molecule has 1 aliphatic heterocycles. The number of carboxylic acids is 1. The van der Waals surface area contributed by atoms with Crippen molar-refractivity contribution in [3.05, 3.63) is 64.5 Å². The molecule has 0 radical (unpaired) electrons. The van der Waals surface area contributed by atoms with Crippen molar-refractivity contribution in [2.75, 3.05) is 6.54 Å². The summed E-state index contributed by atoms with van der Waals surface area (Å²) < 4.78 is 16.4. The van der Waals surface area contributed by atoms with Crippen molar-refractivity contribution in [3.63, 3.8) is 0 Å². The van der Waals surface area contributed by atoms with E-state index in [4.69, 9.17) is 5.11 Å². The Bertz CT molecular complexity index is 1080. The van der Waals surface area contributed by atoms with Gasteiger partial charge in [0.2, 0.25) is 0 Å². The molecule has 3 aromatic rings. The molecule has 2 aromatic heterocycles. The number of hydrogen-bond acceptors (Lipinski definition) is 4. The van der Waals surface area contributed by atoms with Crippen LogP contribution in [0.15, 0.2) is 30.3 Å². The maximum Gasteiger partial charge on any atom is 0.356 e. The van der Waals surface area contributed by atoms with E-state index in [9.17, 15) is 14.0 Å². The van der Waals surface area contributed by atoms with E-state index in [0.717, 1.165) is 22.6 Å². The van der Waals surface area contributed by atoms with Crippen LogP contribution in [0.5, 0.6) is 0 Å². The van der Waals surface area contributed by atoms with E-state index in [2.05, 4.69) is 10.2 Å². The molecular formula is C19H18FN5O3. The minimum Gasteiger partial charge on any atom is -0.476 e. The summed E-state index contributed by atoms with van der Waals surface area (Å²) in [5.41, 5.74) is 3.42. The fourth-order valence-electron chi connectivity index (χ4n) is 3.42. The highest BCUT2D eigenvalue weighted by Crippen LogP contribution is 2.22. The van der Waals surface area contributed by atoms with Crippen LogP contribution in [0.3, 0.4) is 0 Å². The number of carbonyl (C=O) groups is 2. The summed E-state index contributed by atoms with van der Waals surface area (Å²) in [4.78, 5) is 25.6. The molecule has 144 valence electrons. The van der Waals surface area contributed by atoms with Gasteiger partial charge in [0.1, 0.15) is 11.5 Å². The SMILES string of the molecule is Cc1nn(-c2ccc(F)cc2)c(C)c1CN1CCn2nc(C(=O)O)cc2C1=O. The van der Waals surface area contributed by atoms with Gasteiger partial charge in [0.05, 0.1) is 17.9 Å². The number of carboxylic acid groups (broad SMARTS) is 1. The van der Waals surface area contributed by atoms with Crippen molar-refractivity contribution in [2.24, 2.45) is 0 Å². The van der Waals surface area contributed by atoms with E-state index in [1.165, 1.54) is 22.9 Å². The van der Waals surface area contributed by atoms with Gasteiger partial charge in [-0.25, -0.2) is 13.9 Å². The number of aromatic nitrogens is 4. The minimum atomic E-state index is -1.16. The number of hydrogen-bond donors (Lipinski definition) is 1. The standard InChI is InChI=1S/C19H18FN5O3/c1-11-15(12(2)25(21-11)14-5-3-13(20)4-6-14)10-23-7-8-24-17(18(23)26)9-16(22-24)19(27)28/h3-6,9H,7-8,10H2,1-2H3,(H,27,28). The lowest BCUT2D eigenvalue weighted by atomic mass is 10.1. The Balaban J connectivity index is 1.62. The lowest BCUT2D eigenvalue weighted by molar-refractivity contribution is 0.0670. The van der Waals surface area contributed by atoms with Gasteiger partial charge < -0.3 is 10.0 Å². The highest BCUT2D eigenvalue weighted by Gasteiger charge is 2.29. The number of amides is 1. The topological polar surface area (TPSA) is 93.2 Å². The van der Waals surface area contributed by atoms with Crippen LogP contribution in [0, 0.1) is 19.7 Å². The molecule has 0 aliphatic carbocycles. The van der Waals surface area contributed by atoms with Gasteiger partial charge >= 0.3 is 5.97 Å². The van der Waals surface area contributed by atoms with Crippen LogP contribution < -0.4 is 0 Å². The van der Waals surface area contributed by atoms with Gasteiger partial charge in [0, 0.05) is 30.4 Å². The molecule has 0 spiro atoms. The number of fused-ring (bicyclic) bond motifs is 1. The first-order valence-electron chi connectivity index (χ1n) is 8.76. The van der Waals surface area contributed by atoms with Crippen molar-refractivity contribution >= 4 is 11.9 Å². The van der Waals surface area contributed by atoms with Crippen LogP contribution >= 0.6 is 0 Å². The molecule has 0 atom stereocenters. The van der Waals surface area contributed by atoms with E-state index >= 15 is 0 Å². The van der Waals surface area contributed by atoms with Crippen molar-refractivity contribution in [2.45, 2.75) is 26.9 Å². The Labute approximate surface area is 159 Å². The lowest BCUT2D eigenvalue weighted by Crippen LogP contribution is -2.40. The maximum absolute atomic E-state index is 13.2. The molecule has 0 bridgehead atoms. The Morgan fingerprint density at radius 2 is 1.89 bits per heavy atom. The molecule has 8 nitrogen and oxygen atoms in total. The van der Waals surface area contributed by atoms with Gasteiger partial charge in [-0.15, -0.1) is 0 Å². The second kappa shape index (κ2) is 6.59. The molecule has 0 saturated heterocycles. The summed E-state index contributed by atoms with van der Waals surface area (Å²) in [5.74, 6) is -1.74. The number of rotatable bonds is 4. The van der Waals surface area contributed by atoms with Crippen LogP contribution in [0.1, 0.15) is 37.9 Å². The smallest absolute Gasteiger partial charge is 0.356 e. The summed E-state index contributed by atoms with van der Waals surface area (Å²) in [6, 6.07) is 7.35. The zero-order chi connectivity index (χ0) is 20.0. The third-order valence-corrected chi connectivity index (χ3v) is 4.95.